The van der Waals surface area contributed by atoms with Gasteiger partial charge in [-0.05, 0) is 31.9 Å². The summed E-state index contributed by atoms with van der Waals surface area (Å²) in [5, 5.41) is 9.64. The highest BCUT2D eigenvalue weighted by molar-refractivity contribution is 5.52. The van der Waals surface area contributed by atoms with Gasteiger partial charge in [-0.3, -0.25) is 0 Å². The van der Waals surface area contributed by atoms with Gasteiger partial charge in [0, 0.05) is 55.6 Å². The zero-order valence-corrected chi connectivity index (χ0v) is 13.4. The third-order valence-electron chi connectivity index (χ3n) is 4.60. The normalized spacial score (nSPS) is 18.3. The number of hydrogen-bond acceptors (Lipinski definition) is 5. The molecule has 1 saturated heterocycles. The summed E-state index contributed by atoms with van der Waals surface area (Å²) < 4.78 is 0. The van der Waals surface area contributed by atoms with Gasteiger partial charge in [0.1, 0.15) is 17.4 Å². The molecule has 2 aliphatic rings. The van der Waals surface area contributed by atoms with Gasteiger partial charge in [0.2, 0.25) is 0 Å². The molecule has 5 nitrogen and oxygen atoms in total. The van der Waals surface area contributed by atoms with Gasteiger partial charge in [-0.25, -0.2) is 9.97 Å². The number of aromatic nitrogens is 2. The number of aromatic hydroxyl groups is 1. The van der Waals surface area contributed by atoms with Crippen molar-refractivity contribution in [1.29, 1.82) is 0 Å². The van der Waals surface area contributed by atoms with E-state index in [1.165, 1.54) is 12.8 Å². The SMILES string of the molecule is Cc1cc(N2CCN(c3cccc(O)c3)CC2)nc(C2CC2)n1. The van der Waals surface area contributed by atoms with Gasteiger partial charge in [0.25, 0.3) is 0 Å². The molecule has 120 valence electrons. The van der Waals surface area contributed by atoms with Gasteiger partial charge < -0.3 is 14.9 Å². The fourth-order valence-electron chi connectivity index (χ4n) is 3.14. The largest absolute Gasteiger partial charge is 0.508 e. The molecule has 1 aromatic heterocycles. The maximum Gasteiger partial charge on any atom is 0.134 e. The number of nitrogens with zero attached hydrogens (tertiary/aromatic N) is 4. The summed E-state index contributed by atoms with van der Waals surface area (Å²) in [5.41, 5.74) is 2.15. The van der Waals surface area contributed by atoms with Crippen molar-refractivity contribution in [3.8, 4) is 5.75 Å². The van der Waals surface area contributed by atoms with Crippen molar-refractivity contribution in [1.82, 2.24) is 9.97 Å². The van der Waals surface area contributed by atoms with Gasteiger partial charge in [-0.1, -0.05) is 6.07 Å². The topological polar surface area (TPSA) is 52.5 Å². The Kier molecular flexibility index (Phi) is 3.56. The van der Waals surface area contributed by atoms with Crippen LogP contribution in [-0.4, -0.2) is 41.3 Å². The smallest absolute Gasteiger partial charge is 0.134 e. The minimum Gasteiger partial charge on any atom is -0.508 e. The van der Waals surface area contributed by atoms with Crippen LogP contribution in [0.25, 0.3) is 0 Å². The number of benzene rings is 1. The average Bonchev–Trinajstić information content (AvgIpc) is 3.39. The van der Waals surface area contributed by atoms with Crippen LogP contribution < -0.4 is 9.80 Å². The third-order valence-corrected chi connectivity index (χ3v) is 4.60. The summed E-state index contributed by atoms with van der Waals surface area (Å²) in [7, 11) is 0. The summed E-state index contributed by atoms with van der Waals surface area (Å²) >= 11 is 0. The van der Waals surface area contributed by atoms with Crippen LogP contribution in [0.5, 0.6) is 5.75 Å². The number of piperazine rings is 1. The van der Waals surface area contributed by atoms with E-state index in [4.69, 9.17) is 4.98 Å². The van der Waals surface area contributed by atoms with Crippen molar-refractivity contribution in [2.45, 2.75) is 25.7 Å². The molecule has 2 aromatic rings. The van der Waals surface area contributed by atoms with E-state index in [9.17, 15) is 5.11 Å². The fourth-order valence-corrected chi connectivity index (χ4v) is 3.14. The van der Waals surface area contributed by atoms with Gasteiger partial charge in [-0.2, -0.15) is 0 Å². The average molecular weight is 310 g/mol. The molecular formula is C18H22N4O. The van der Waals surface area contributed by atoms with Crippen LogP contribution in [0, 0.1) is 6.92 Å². The quantitative estimate of drug-likeness (QED) is 0.944. The van der Waals surface area contributed by atoms with Crippen molar-refractivity contribution < 1.29 is 5.11 Å². The van der Waals surface area contributed by atoms with E-state index in [1.54, 1.807) is 6.07 Å². The van der Waals surface area contributed by atoms with E-state index in [0.717, 1.165) is 49.2 Å². The van der Waals surface area contributed by atoms with E-state index in [0.29, 0.717) is 11.7 Å². The first-order chi connectivity index (χ1) is 11.2. The van der Waals surface area contributed by atoms with Crippen LogP contribution in [0.15, 0.2) is 30.3 Å². The molecule has 2 heterocycles. The molecule has 1 N–H and O–H groups in total. The Morgan fingerprint density at radius 2 is 1.74 bits per heavy atom. The van der Waals surface area contributed by atoms with Gasteiger partial charge in [0.05, 0.1) is 0 Å². The fraction of sp³-hybridized carbons (Fsp3) is 0.444. The molecule has 4 rings (SSSR count). The Balaban J connectivity index is 1.47. The lowest BCUT2D eigenvalue weighted by molar-refractivity contribution is 0.475. The zero-order chi connectivity index (χ0) is 15.8. The second-order valence-electron chi connectivity index (χ2n) is 6.49. The molecule has 1 aliphatic heterocycles. The lowest BCUT2D eigenvalue weighted by Crippen LogP contribution is -2.47. The van der Waals surface area contributed by atoms with Gasteiger partial charge in [0.15, 0.2) is 0 Å². The molecular weight excluding hydrogens is 288 g/mol. The number of phenols is 1. The van der Waals surface area contributed by atoms with Crippen molar-refractivity contribution in [3.63, 3.8) is 0 Å². The summed E-state index contributed by atoms with van der Waals surface area (Å²) in [5.74, 6) is 3.00. The van der Waals surface area contributed by atoms with Crippen LogP contribution in [0.3, 0.4) is 0 Å². The van der Waals surface area contributed by atoms with Gasteiger partial charge >= 0.3 is 0 Å². The molecule has 0 bridgehead atoms. The van der Waals surface area contributed by atoms with Crippen molar-refractivity contribution in [2.24, 2.45) is 0 Å². The van der Waals surface area contributed by atoms with Crippen LogP contribution in [0.4, 0.5) is 11.5 Å². The Morgan fingerprint density at radius 3 is 2.43 bits per heavy atom. The monoisotopic (exact) mass is 310 g/mol. The maximum atomic E-state index is 9.64. The van der Waals surface area contributed by atoms with Crippen molar-refractivity contribution in [2.75, 3.05) is 36.0 Å². The van der Waals surface area contributed by atoms with Crippen LogP contribution in [0.2, 0.25) is 0 Å². The lowest BCUT2D eigenvalue weighted by atomic mass is 10.2. The second-order valence-corrected chi connectivity index (χ2v) is 6.49. The highest BCUT2D eigenvalue weighted by Gasteiger charge is 2.28. The molecule has 0 amide bonds. The molecule has 5 heteroatoms. The number of anilines is 2. The molecule has 0 atom stereocenters. The number of hydrogen-bond donors (Lipinski definition) is 1. The summed E-state index contributed by atoms with van der Waals surface area (Å²) in [6.45, 7) is 5.81. The van der Waals surface area contributed by atoms with E-state index in [2.05, 4.69) is 33.8 Å². The Labute approximate surface area is 136 Å². The molecule has 0 unspecified atom stereocenters. The Hall–Kier alpha value is -2.30. The highest BCUT2D eigenvalue weighted by Crippen LogP contribution is 2.38. The summed E-state index contributed by atoms with van der Waals surface area (Å²) in [4.78, 5) is 14.0. The summed E-state index contributed by atoms with van der Waals surface area (Å²) in [6.07, 6.45) is 2.46. The van der Waals surface area contributed by atoms with Crippen molar-refractivity contribution >= 4 is 11.5 Å². The van der Waals surface area contributed by atoms with E-state index < -0.39 is 0 Å². The van der Waals surface area contributed by atoms with E-state index >= 15 is 0 Å². The standard InChI is InChI=1S/C18H22N4O/c1-13-11-17(20-18(19-13)14-5-6-14)22-9-7-21(8-10-22)15-3-2-4-16(23)12-15/h2-4,11-12,14,23H,5-10H2,1H3. The van der Waals surface area contributed by atoms with Crippen molar-refractivity contribution in [3.05, 3.63) is 41.9 Å². The number of phenolic OH excluding ortho intramolecular Hbond substituents is 1. The van der Waals surface area contributed by atoms with Crippen LogP contribution in [0.1, 0.15) is 30.3 Å². The number of rotatable bonds is 3. The predicted octanol–water partition coefficient (Wildman–Crippen LogP) is 2.69. The molecule has 2 fully saturated rings. The Morgan fingerprint density at radius 1 is 1.00 bits per heavy atom. The molecule has 1 aromatic carbocycles. The first kappa shape index (κ1) is 14.3. The second kappa shape index (κ2) is 5.72. The molecule has 1 saturated carbocycles. The van der Waals surface area contributed by atoms with Crippen LogP contribution in [-0.2, 0) is 0 Å². The van der Waals surface area contributed by atoms with E-state index in [1.807, 2.05) is 12.1 Å². The molecule has 0 spiro atoms. The molecule has 1 aliphatic carbocycles. The minimum absolute atomic E-state index is 0.324. The zero-order valence-electron chi connectivity index (χ0n) is 13.4. The minimum atomic E-state index is 0.324. The molecule has 23 heavy (non-hydrogen) atoms. The molecule has 0 radical (unpaired) electrons. The first-order valence-electron chi connectivity index (χ1n) is 8.33. The maximum absolute atomic E-state index is 9.64. The van der Waals surface area contributed by atoms with Crippen LogP contribution >= 0.6 is 0 Å². The Bertz CT molecular complexity index is 706. The predicted molar refractivity (Wildman–Crippen MR) is 91.3 cm³/mol. The lowest BCUT2D eigenvalue weighted by Gasteiger charge is -2.37. The third kappa shape index (κ3) is 3.09. The number of aryl methyl sites for hydroxylation is 1. The van der Waals surface area contributed by atoms with E-state index in [-0.39, 0.29) is 0 Å². The highest BCUT2D eigenvalue weighted by atomic mass is 16.3. The van der Waals surface area contributed by atoms with Gasteiger partial charge in [-0.15, -0.1) is 0 Å². The first-order valence-corrected chi connectivity index (χ1v) is 8.33. The summed E-state index contributed by atoms with van der Waals surface area (Å²) in [6, 6.07) is 9.58.